The summed E-state index contributed by atoms with van der Waals surface area (Å²) >= 11 is 11.9. The molecular formula is C14H13Cl2N3O2. The van der Waals surface area contributed by atoms with Crippen LogP contribution in [0.2, 0.25) is 10.0 Å². The van der Waals surface area contributed by atoms with Crippen molar-refractivity contribution < 1.29 is 4.92 Å². The Morgan fingerprint density at radius 2 is 2.10 bits per heavy atom. The molecule has 0 amide bonds. The van der Waals surface area contributed by atoms with Gasteiger partial charge in [-0.15, -0.1) is 0 Å². The van der Waals surface area contributed by atoms with Crippen LogP contribution in [0.25, 0.3) is 0 Å². The highest BCUT2D eigenvalue weighted by atomic mass is 35.5. The molecular weight excluding hydrogens is 313 g/mol. The summed E-state index contributed by atoms with van der Waals surface area (Å²) in [5, 5.41) is 15.1. The van der Waals surface area contributed by atoms with Gasteiger partial charge >= 0.3 is 0 Å². The first kappa shape index (κ1) is 15.5. The van der Waals surface area contributed by atoms with Gasteiger partial charge in [0.25, 0.3) is 5.69 Å². The molecule has 1 aromatic carbocycles. The Morgan fingerprint density at radius 1 is 1.33 bits per heavy atom. The highest BCUT2D eigenvalue weighted by Crippen LogP contribution is 2.22. The van der Waals surface area contributed by atoms with Gasteiger partial charge in [0.2, 0.25) is 0 Å². The van der Waals surface area contributed by atoms with Gasteiger partial charge in [0.1, 0.15) is 12.0 Å². The van der Waals surface area contributed by atoms with Crippen LogP contribution in [0.15, 0.2) is 30.5 Å². The van der Waals surface area contributed by atoms with Gasteiger partial charge in [-0.3, -0.25) is 10.1 Å². The summed E-state index contributed by atoms with van der Waals surface area (Å²) in [6.45, 7) is 2.30. The van der Waals surface area contributed by atoms with Crippen molar-refractivity contribution in [2.45, 2.75) is 13.3 Å². The van der Waals surface area contributed by atoms with E-state index in [0.717, 1.165) is 5.56 Å². The third-order valence-electron chi connectivity index (χ3n) is 3.00. The zero-order chi connectivity index (χ0) is 15.4. The molecule has 21 heavy (non-hydrogen) atoms. The largest absolute Gasteiger partial charge is 0.370 e. The van der Waals surface area contributed by atoms with Crippen molar-refractivity contribution in [1.29, 1.82) is 0 Å². The Balaban J connectivity index is 1.97. The lowest BCUT2D eigenvalue weighted by molar-refractivity contribution is -0.385. The number of benzene rings is 1. The molecule has 0 radical (unpaired) electrons. The summed E-state index contributed by atoms with van der Waals surface area (Å²) in [5.41, 5.74) is 1.57. The number of aromatic nitrogens is 1. The number of nitro groups is 1. The van der Waals surface area contributed by atoms with Crippen LogP contribution < -0.4 is 5.32 Å². The lowest BCUT2D eigenvalue weighted by atomic mass is 10.1. The topological polar surface area (TPSA) is 68.1 Å². The number of rotatable bonds is 5. The number of nitrogens with zero attached hydrogens (tertiary/aromatic N) is 2. The fraction of sp³-hybridized carbons (Fsp3) is 0.214. The fourth-order valence-corrected chi connectivity index (χ4v) is 2.39. The lowest BCUT2D eigenvalue weighted by Crippen LogP contribution is -2.07. The first-order valence-corrected chi connectivity index (χ1v) is 7.02. The minimum absolute atomic E-state index is 0.0151. The number of aryl methyl sites for hydroxylation is 1. The standard InChI is InChI=1S/C14H13Cl2N3O2/c1-9-6-14(18-8-13(9)19(20)21)17-5-4-10-2-3-11(15)7-12(10)16/h2-3,6-8H,4-5H2,1H3,(H,17,18). The first-order valence-electron chi connectivity index (χ1n) is 6.26. The minimum Gasteiger partial charge on any atom is -0.370 e. The van der Waals surface area contributed by atoms with Crippen molar-refractivity contribution in [3.63, 3.8) is 0 Å². The van der Waals surface area contributed by atoms with E-state index in [2.05, 4.69) is 10.3 Å². The van der Waals surface area contributed by atoms with E-state index in [4.69, 9.17) is 23.2 Å². The van der Waals surface area contributed by atoms with Gasteiger partial charge in [0, 0.05) is 22.2 Å². The van der Waals surface area contributed by atoms with Gasteiger partial charge in [-0.2, -0.15) is 0 Å². The average Bonchev–Trinajstić information content (AvgIpc) is 2.41. The molecule has 2 aromatic rings. The summed E-state index contributed by atoms with van der Waals surface area (Å²) in [5.74, 6) is 0.600. The molecule has 0 saturated carbocycles. The lowest BCUT2D eigenvalue weighted by Gasteiger charge is -2.08. The molecule has 0 atom stereocenters. The Hall–Kier alpha value is -1.85. The van der Waals surface area contributed by atoms with Crippen molar-refractivity contribution in [3.05, 3.63) is 61.7 Å². The first-order chi connectivity index (χ1) is 9.97. The molecule has 0 aliphatic heterocycles. The van der Waals surface area contributed by atoms with Crippen molar-refractivity contribution in [1.82, 2.24) is 4.98 Å². The minimum atomic E-state index is -0.445. The predicted molar refractivity (Wildman–Crippen MR) is 84.3 cm³/mol. The Bertz CT molecular complexity index is 677. The maximum Gasteiger partial charge on any atom is 0.290 e. The van der Waals surface area contributed by atoms with Crippen LogP contribution in [-0.2, 0) is 6.42 Å². The Labute approximate surface area is 132 Å². The molecule has 0 fully saturated rings. The molecule has 1 aromatic heterocycles. The maximum atomic E-state index is 10.7. The molecule has 2 rings (SSSR count). The van der Waals surface area contributed by atoms with E-state index in [9.17, 15) is 10.1 Å². The predicted octanol–water partition coefficient (Wildman–Crippen LogP) is 4.26. The summed E-state index contributed by atoms with van der Waals surface area (Å²) in [6.07, 6.45) is 1.96. The maximum absolute atomic E-state index is 10.7. The van der Waals surface area contributed by atoms with E-state index in [1.807, 2.05) is 6.07 Å². The molecule has 0 aliphatic carbocycles. The van der Waals surface area contributed by atoms with Crippen molar-refractivity contribution >= 4 is 34.7 Å². The van der Waals surface area contributed by atoms with E-state index >= 15 is 0 Å². The van der Waals surface area contributed by atoms with Gasteiger partial charge in [0.05, 0.1) is 4.92 Å². The molecule has 0 bridgehead atoms. The highest BCUT2D eigenvalue weighted by Gasteiger charge is 2.11. The molecule has 0 unspecified atom stereocenters. The zero-order valence-electron chi connectivity index (χ0n) is 11.3. The molecule has 0 aliphatic rings. The molecule has 0 spiro atoms. The number of hydrogen-bond acceptors (Lipinski definition) is 4. The normalized spacial score (nSPS) is 10.4. The van der Waals surface area contributed by atoms with Crippen LogP contribution in [0.4, 0.5) is 11.5 Å². The van der Waals surface area contributed by atoms with Gasteiger partial charge in [-0.05, 0) is 37.1 Å². The molecule has 1 N–H and O–H groups in total. The third kappa shape index (κ3) is 4.06. The van der Waals surface area contributed by atoms with Gasteiger partial charge in [-0.25, -0.2) is 4.98 Å². The van der Waals surface area contributed by atoms with Crippen LogP contribution in [-0.4, -0.2) is 16.5 Å². The zero-order valence-corrected chi connectivity index (χ0v) is 12.8. The Kier molecular flexibility index (Phi) is 4.98. The molecule has 7 heteroatoms. The summed E-state index contributed by atoms with van der Waals surface area (Å²) in [7, 11) is 0. The third-order valence-corrected chi connectivity index (χ3v) is 3.58. The van der Waals surface area contributed by atoms with Crippen molar-refractivity contribution in [2.75, 3.05) is 11.9 Å². The second-order valence-electron chi connectivity index (χ2n) is 4.53. The van der Waals surface area contributed by atoms with Gasteiger partial charge in [0.15, 0.2) is 0 Å². The fourth-order valence-electron chi connectivity index (χ4n) is 1.89. The number of anilines is 1. The second kappa shape index (κ2) is 6.74. The average molecular weight is 326 g/mol. The number of hydrogen-bond donors (Lipinski definition) is 1. The molecule has 1 heterocycles. The molecule has 110 valence electrons. The van der Waals surface area contributed by atoms with Crippen LogP contribution >= 0.6 is 23.2 Å². The van der Waals surface area contributed by atoms with E-state index < -0.39 is 4.92 Å². The van der Waals surface area contributed by atoms with Gasteiger partial charge in [-0.1, -0.05) is 29.3 Å². The quantitative estimate of drug-likeness (QED) is 0.658. The van der Waals surface area contributed by atoms with E-state index in [-0.39, 0.29) is 5.69 Å². The van der Waals surface area contributed by atoms with Crippen LogP contribution in [0.3, 0.4) is 0 Å². The summed E-state index contributed by atoms with van der Waals surface area (Å²) < 4.78 is 0. The highest BCUT2D eigenvalue weighted by molar-refractivity contribution is 6.35. The Morgan fingerprint density at radius 3 is 2.71 bits per heavy atom. The number of pyridine rings is 1. The summed E-state index contributed by atoms with van der Waals surface area (Å²) in [6, 6.07) is 7.02. The van der Waals surface area contributed by atoms with Crippen molar-refractivity contribution in [3.8, 4) is 0 Å². The monoisotopic (exact) mass is 325 g/mol. The molecule has 0 saturated heterocycles. The van der Waals surface area contributed by atoms with E-state index in [1.165, 1.54) is 6.20 Å². The number of nitrogens with one attached hydrogen (secondary N) is 1. The van der Waals surface area contributed by atoms with Crippen LogP contribution in [0, 0.1) is 17.0 Å². The second-order valence-corrected chi connectivity index (χ2v) is 5.37. The number of halogens is 2. The van der Waals surface area contributed by atoms with Crippen molar-refractivity contribution in [2.24, 2.45) is 0 Å². The van der Waals surface area contributed by atoms with Crippen LogP contribution in [0.1, 0.15) is 11.1 Å². The summed E-state index contributed by atoms with van der Waals surface area (Å²) in [4.78, 5) is 14.3. The smallest absolute Gasteiger partial charge is 0.290 e. The molecule has 5 nitrogen and oxygen atoms in total. The van der Waals surface area contributed by atoms with E-state index in [0.29, 0.717) is 34.4 Å². The van der Waals surface area contributed by atoms with E-state index in [1.54, 1.807) is 25.1 Å². The SMILES string of the molecule is Cc1cc(NCCc2ccc(Cl)cc2Cl)ncc1[N+](=O)[O-]. The van der Waals surface area contributed by atoms with Crippen LogP contribution in [0.5, 0.6) is 0 Å². The van der Waals surface area contributed by atoms with Gasteiger partial charge < -0.3 is 5.32 Å².